The van der Waals surface area contributed by atoms with E-state index in [1.807, 2.05) is 6.92 Å². The lowest BCUT2D eigenvalue weighted by molar-refractivity contribution is -0.137. The van der Waals surface area contributed by atoms with Crippen molar-refractivity contribution in [1.82, 2.24) is 20.2 Å². The molecular weight excluding hydrogens is 321 g/mol. The molecule has 9 heteroatoms. The van der Waals surface area contributed by atoms with Crippen LogP contribution in [0.2, 0.25) is 0 Å². The van der Waals surface area contributed by atoms with Gasteiger partial charge in [0.2, 0.25) is 0 Å². The molecule has 0 spiro atoms. The average Bonchev–Trinajstić information content (AvgIpc) is 2.92. The topological polar surface area (TPSA) is 78.5 Å². The number of nitrogens with zero attached hydrogens (tertiary/aromatic N) is 3. The van der Waals surface area contributed by atoms with Crippen LogP contribution in [-0.4, -0.2) is 20.2 Å². The molecule has 124 valence electrons. The number of nitrogens with one attached hydrogen (secondary N) is 3. The first kappa shape index (κ1) is 15.8. The third-order valence-electron chi connectivity index (χ3n) is 3.08. The van der Waals surface area contributed by atoms with E-state index in [4.69, 9.17) is 0 Å². The van der Waals surface area contributed by atoms with Crippen LogP contribution in [0.15, 0.2) is 42.7 Å². The first-order valence-corrected chi connectivity index (χ1v) is 6.95. The van der Waals surface area contributed by atoms with E-state index in [1.54, 1.807) is 6.07 Å². The second kappa shape index (κ2) is 6.19. The summed E-state index contributed by atoms with van der Waals surface area (Å²) in [6, 6.07) is 6.48. The van der Waals surface area contributed by atoms with Crippen molar-refractivity contribution in [3.8, 4) is 0 Å². The highest BCUT2D eigenvalue weighted by Gasteiger charge is 2.29. The van der Waals surface area contributed by atoms with E-state index in [1.165, 1.54) is 24.5 Å². The Kier molecular flexibility index (Phi) is 4.07. The van der Waals surface area contributed by atoms with Crippen LogP contribution in [0.25, 0.3) is 0 Å². The average molecular weight is 334 g/mol. The van der Waals surface area contributed by atoms with E-state index in [-0.39, 0.29) is 0 Å². The molecule has 0 amide bonds. The van der Waals surface area contributed by atoms with Gasteiger partial charge in [-0.05, 0) is 31.2 Å². The van der Waals surface area contributed by atoms with Crippen LogP contribution in [-0.2, 0) is 6.18 Å². The van der Waals surface area contributed by atoms with E-state index < -0.39 is 11.7 Å². The van der Waals surface area contributed by atoms with Crippen LogP contribution in [0.5, 0.6) is 0 Å². The summed E-state index contributed by atoms with van der Waals surface area (Å²) in [5.74, 6) is 1.44. The SMILES string of the molecule is Cc1cc(Nc2cncc(Nc3ccc(C(F)(F)F)cc3)n2)n[nH]1. The minimum absolute atomic E-state index is 0.395. The van der Waals surface area contributed by atoms with Gasteiger partial charge in [0.15, 0.2) is 17.5 Å². The van der Waals surface area contributed by atoms with Gasteiger partial charge in [0.05, 0.1) is 18.0 Å². The van der Waals surface area contributed by atoms with Gasteiger partial charge in [-0.3, -0.25) is 10.1 Å². The molecule has 0 bridgehead atoms. The minimum Gasteiger partial charge on any atom is -0.339 e. The predicted molar refractivity (Wildman–Crippen MR) is 83.4 cm³/mol. The summed E-state index contributed by atoms with van der Waals surface area (Å²) in [4.78, 5) is 8.32. The number of benzene rings is 1. The fourth-order valence-electron chi connectivity index (χ4n) is 1.99. The first-order valence-electron chi connectivity index (χ1n) is 6.95. The second-order valence-corrected chi connectivity index (χ2v) is 5.05. The summed E-state index contributed by atoms with van der Waals surface area (Å²) in [5, 5.41) is 12.7. The molecule has 0 aliphatic heterocycles. The van der Waals surface area contributed by atoms with Gasteiger partial charge in [0.1, 0.15) is 0 Å². The Bertz CT molecular complexity index is 826. The zero-order chi connectivity index (χ0) is 17.2. The molecule has 1 aromatic carbocycles. The highest BCUT2D eigenvalue weighted by atomic mass is 19.4. The fraction of sp³-hybridized carbons (Fsp3) is 0.133. The molecule has 0 aliphatic rings. The summed E-state index contributed by atoms with van der Waals surface area (Å²) >= 11 is 0. The van der Waals surface area contributed by atoms with Gasteiger partial charge in [-0.1, -0.05) is 0 Å². The molecule has 0 saturated heterocycles. The maximum Gasteiger partial charge on any atom is 0.416 e. The van der Waals surface area contributed by atoms with Crippen molar-refractivity contribution in [2.75, 3.05) is 10.6 Å². The Hall–Kier alpha value is -3.10. The van der Waals surface area contributed by atoms with E-state index in [0.717, 1.165) is 17.8 Å². The third kappa shape index (κ3) is 3.80. The molecule has 6 nitrogen and oxygen atoms in total. The van der Waals surface area contributed by atoms with Gasteiger partial charge in [0.25, 0.3) is 0 Å². The van der Waals surface area contributed by atoms with Gasteiger partial charge in [0, 0.05) is 17.4 Å². The molecular formula is C15H13F3N6. The first-order chi connectivity index (χ1) is 11.4. The van der Waals surface area contributed by atoms with Crippen LogP contribution in [0.4, 0.5) is 36.3 Å². The lowest BCUT2D eigenvalue weighted by atomic mass is 10.2. The molecule has 0 aliphatic carbocycles. The monoisotopic (exact) mass is 334 g/mol. The van der Waals surface area contributed by atoms with Crippen LogP contribution in [0, 0.1) is 6.92 Å². The zero-order valence-corrected chi connectivity index (χ0v) is 12.5. The van der Waals surface area contributed by atoms with Gasteiger partial charge in [-0.2, -0.15) is 18.3 Å². The molecule has 0 saturated carbocycles. The van der Waals surface area contributed by atoms with Crippen LogP contribution in [0.3, 0.4) is 0 Å². The summed E-state index contributed by atoms with van der Waals surface area (Å²) < 4.78 is 37.6. The number of hydrogen-bond acceptors (Lipinski definition) is 5. The van der Waals surface area contributed by atoms with E-state index >= 15 is 0 Å². The molecule has 0 radical (unpaired) electrons. The number of halogens is 3. The number of aromatic amines is 1. The summed E-state index contributed by atoms with van der Waals surface area (Å²) in [5.41, 5.74) is 0.665. The number of aryl methyl sites for hydroxylation is 1. The smallest absolute Gasteiger partial charge is 0.339 e. The van der Waals surface area contributed by atoms with Crippen LogP contribution >= 0.6 is 0 Å². The van der Waals surface area contributed by atoms with Crippen molar-refractivity contribution in [2.45, 2.75) is 13.1 Å². The van der Waals surface area contributed by atoms with Gasteiger partial charge in [-0.25, -0.2) is 4.98 Å². The molecule has 0 unspecified atom stereocenters. The molecule has 3 rings (SSSR count). The molecule has 3 N–H and O–H groups in total. The highest BCUT2D eigenvalue weighted by Crippen LogP contribution is 2.30. The number of alkyl halides is 3. The van der Waals surface area contributed by atoms with Crippen LogP contribution in [0.1, 0.15) is 11.3 Å². The molecule has 2 aromatic heterocycles. The number of aromatic nitrogens is 4. The van der Waals surface area contributed by atoms with Crippen molar-refractivity contribution >= 4 is 23.1 Å². The Labute approximate surface area is 135 Å². The summed E-state index contributed by atoms with van der Waals surface area (Å²) in [6.45, 7) is 1.87. The Balaban J connectivity index is 1.72. The molecule has 24 heavy (non-hydrogen) atoms. The Morgan fingerprint density at radius 3 is 2.21 bits per heavy atom. The molecule has 0 atom stereocenters. The van der Waals surface area contributed by atoms with Gasteiger partial charge < -0.3 is 10.6 Å². The van der Waals surface area contributed by atoms with Gasteiger partial charge in [-0.15, -0.1) is 0 Å². The largest absolute Gasteiger partial charge is 0.416 e. The molecule has 2 heterocycles. The lowest BCUT2D eigenvalue weighted by Crippen LogP contribution is -2.04. The van der Waals surface area contributed by atoms with Crippen molar-refractivity contribution < 1.29 is 13.2 Å². The highest BCUT2D eigenvalue weighted by molar-refractivity contribution is 5.59. The molecule has 3 aromatic rings. The van der Waals surface area contributed by atoms with Crippen molar-refractivity contribution in [3.63, 3.8) is 0 Å². The number of anilines is 4. The van der Waals surface area contributed by atoms with E-state index in [9.17, 15) is 13.2 Å². The maximum atomic E-state index is 12.5. The van der Waals surface area contributed by atoms with E-state index in [0.29, 0.717) is 23.1 Å². The van der Waals surface area contributed by atoms with Crippen molar-refractivity contribution in [2.24, 2.45) is 0 Å². The number of hydrogen-bond donors (Lipinski definition) is 3. The summed E-state index contributed by atoms with van der Waals surface area (Å²) in [6.07, 6.45) is -1.37. The zero-order valence-electron chi connectivity index (χ0n) is 12.5. The lowest BCUT2D eigenvalue weighted by Gasteiger charge is -2.09. The maximum absolute atomic E-state index is 12.5. The van der Waals surface area contributed by atoms with Crippen LogP contribution < -0.4 is 10.6 Å². The van der Waals surface area contributed by atoms with Gasteiger partial charge >= 0.3 is 6.18 Å². The summed E-state index contributed by atoms with van der Waals surface area (Å²) in [7, 11) is 0. The quantitative estimate of drug-likeness (QED) is 0.672. The minimum atomic E-state index is -4.36. The predicted octanol–water partition coefficient (Wildman–Crippen LogP) is 4.01. The van der Waals surface area contributed by atoms with E-state index in [2.05, 4.69) is 30.8 Å². The second-order valence-electron chi connectivity index (χ2n) is 5.05. The van der Waals surface area contributed by atoms with Crippen molar-refractivity contribution in [3.05, 3.63) is 54.0 Å². The number of H-pyrrole nitrogens is 1. The molecule has 0 fully saturated rings. The standard InChI is InChI=1S/C15H13F3N6/c1-9-6-12(24-23-9)21-14-8-19-7-13(22-14)20-11-4-2-10(3-5-11)15(16,17)18/h2-8H,1H3,(H3,20,21,22,23,24). The fourth-order valence-corrected chi connectivity index (χ4v) is 1.99. The Morgan fingerprint density at radius 2 is 1.62 bits per heavy atom. The third-order valence-corrected chi connectivity index (χ3v) is 3.08. The Morgan fingerprint density at radius 1 is 0.958 bits per heavy atom. The van der Waals surface area contributed by atoms with Crippen molar-refractivity contribution in [1.29, 1.82) is 0 Å². The normalized spacial score (nSPS) is 11.3. The number of rotatable bonds is 4.